The fourth-order valence-corrected chi connectivity index (χ4v) is 9.27. The van der Waals surface area contributed by atoms with Crippen LogP contribution in [-0.4, -0.2) is 9.97 Å². The first-order valence-electron chi connectivity index (χ1n) is 22.1. The largest absolute Gasteiger partial charge is 0.310 e. The fraction of sp³-hybridized carbons (Fsp3) is 0.102. The Kier molecular flexibility index (Phi) is 11.1. The molecule has 316 valence electrons. The Morgan fingerprint density at radius 3 is 2.03 bits per heavy atom. The van der Waals surface area contributed by atoms with Crippen molar-refractivity contribution in [2.45, 2.75) is 40.0 Å². The van der Waals surface area contributed by atoms with Crippen molar-refractivity contribution in [2.24, 2.45) is 0 Å². The summed E-state index contributed by atoms with van der Waals surface area (Å²) in [5, 5.41) is 10.3. The molecule has 10 rings (SSSR count). The van der Waals surface area contributed by atoms with Crippen LogP contribution in [0.15, 0.2) is 199 Å². The summed E-state index contributed by atoms with van der Waals surface area (Å²) in [4.78, 5) is 19.5. The molecule has 2 aliphatic heterocycles. The smallest absolute Gasteiger partial charge is 0.162 e. The van der Waals surface area contributed by atoms with E-state index in [2.05, 4.69) is 214 Å². The second-order valence-electron chi connectivity index (χ2n) is 16.2. The van der Waals surface area contributed by atoms with E-state index < -0.39 is 0 Å². The average molecular weight is 852 g/mol. The van der Waals surface area contributed by atoms with E-state index in [4.69, 9.17) is 16.4 Å². The lowest BCUT2D eigenvalue weighted by Gasteiger charge is -2.42. The number of fused-ring (bicyclic) bond motifs is 3. The molecule has 0 saturated carbocycles. The molecular weight excluding hydrogens is 807 g/mol. The predicted molar refractivity (Wildman–Crippen MR) is 271 cm³/mol. The van der Waals surface area contributed by atoms with E-state index in [1.807, 2.05) is 19.9 Å². The van der Waals surface area contributed by atoms with Crippen LogP contribution in [0.2, 0.25) is 0 Å². The summed E-state index contributed by atoms with van der Waals surface area (Å²) >= 11 is 0. The highest BCUT2D eigenvalue weighted by atomic mass is 15.3. The molecule has 7 nitrogen and oxygen atoms in total. The topological polar surface area (TPSA) is 62.5 Å². The number of anilines is 8. The zero-order valence-electron chi connectivity index (χ0n) is 37.1. The average Bonchev–Trinajstić information content (AvgIpc) is 3.60. The predicted octanol–water partition coefficient (Wildman–Crippen LogP) is 14.1. The van der Waals surface area contributed by atoms with E-state index in [0.717, 1.165) is 90.7 Å². The SMILES string of the molecule is C#C/C=C\C(=C/C)N1c2ccccc2N(c2ccc(-c3nc(C)c(C#N)nc3C3=CC=C(N4C5=C(CC#CC/C=C\5)N(c5ccccc5)c5ccccc54)CC=C3)c(C)c2)c2ccccc21. The second-order valence-corrected chi connectivity index (χ2v) is 16.2. The number of benzene rings is 5. The van der Waals surface area contributed by atoms with Crippen LogP contribution in [0.25, 0.3) is 16.8 Å². The van der Waals surface area contributed by atoms with E-state index >= 15 is 0 Å². The van der Waals surface area contributed by atoms with Gasteiger partial charge in [-0.25, -0.2) is 9.97 Å². The zero-order chi connectivity index (χ0) is 45.1. The number of aryl methyl sites for hydroxylation is 2. The minimum absolute atomic E-state index is 0.302. The molecule has 66 heavy (non-hydrogen) atoms. The molecule has 0 unspecified atom stereocenters. The van der Waals surface area contributed by atoms with Crippen molar-refractivity contribution < 1.29 is 0 Å². The van der Waals surface area contributed by atoms with Crippen LogP contribution in [-0.2, 0) is 0 Å². The Morgan fingerprint density at radius 2 is 1.36 bits per heavy atom. The minimum Gasteiger partial charge on any atom is -0.310 e. The van der Waals surface area contributed by atoms with Gasteiger partial charge in [-0.05, 0) is 111 Å². The van der Waals surface area contributed by atoms with Gasteiger partial charge in [-0.1, -0.05) is 109 Å². The maximum Gasteiger partial charge on any atom is 0.162 e. The van der Waals surface area contributed by atoms with Crippen molar-refractivity contribution in [1.29, 1.82) is 5.26 Å². The Hall–Kier alpha value is -8.83. The molecule has 0 atom stereocenters. The van der Waals surface area contributed by atoms with Gasteiger partial charge in [0, 0.05) is 46.7 Å². The standard InChI is InChI=1S/C59H45N7/c1-5-7-23-44(6-2)63-50-29-15-19-33-56(50)66(57-34-20-16-30-51(57)63)47-37-38-48(41(3)39-47)59-58(62-49(40-60)42(4)61-59)43-22-21-26-46(36-35-43)65-53-28-14-9-8-13-27-52(53)64(45-24-11-10-12-25-45)54-31-17-18-32-55(54)65/h1,6-7,10-12,14-25,28-39H,9,26-27H2,2-4H3/b23-7-,28-14-,44-6+. The van der Waals surface area contributed by atoms with Gasteiger partial charge < -0.3 is 19.6 Å². The molecule has 0 fully saturated rings. The lowest BCUT2D eigenvalue weighted by Crippen LogP contribution is -2.33. The van der Waals surface area contributed by atoms with E-state index in [9.17, 15) is 5.26 Å². The van der Waals surface area contributed by atoms with Gasteiger partial charge in [-0.15, -0.1) is 6.42 Å². The third-order valence-corrected chi connectivity index (χ3v) is 12.2. The Morgan fingerprint density at radius 1 is 0.697 bits per heavy atom. The number of rotatable bonds is 7. The third-order valence-electron chi connectivity index (χ3n) is 12.2. The van der Waals surface area contributed by atoms with Crippen molar-refractivity contribution in [3.63, 3.8) is 0 Å². The molecule has 0 radical (unpaired) electrons. The van der Waals surface area contributed by atoms with Gasteiger partial charge in [-0.2, -0.15) is 5.26 Å². The molecule has 5 aromatic carbocycles. The van der Waals surface area contributed by atoms with Crippen LogP contribution < -0.4 is 19.6 Å². The van der Waals surface area contributed by atoms with Crippen molar-refractivity contribution >= 4 is 51.1 Å². The molecule has 4 aliphatic rings. The van der Waals surface area contributed by atoms with Gasteiger partial charge in [0.2, 0.25) is 0 Å². The van der Waals surface area contributed by atoms with Crippen LogP contribution >= 0.6 is 0 Å². The summed E-state index contributed by atoms with van der Waals surface area (Å²) in [7, 11) is 0. The van der Waals surface area contributed by atoms with Gasteiger partial charge in [0.25, 0.3) is 0 Å². The molecule has 0 saturated heterocycles. The van der Waals surface area contributed by atoms with E-state index in [-0.39, 0.29) is 0 Å². The lowest BCUT2D eigenvalue weighted by molar-refractivity contribution is 0.940. The number of para-hydroxylation sites is 7. The van der Waals surface area contributed by atoms with Crippen molar-refractivity contribution in [2.75, 3.05) is 19.6 Å². The molecule has 1 aromatic heterocycles. The first-order valence-corrected chi connectivity index (χ1v) is 22.1. The molecule has 7 heteroatoms. The molecule has 2 aliphatic carbocycles. The Labute approximate surface area is 387 Å². The molecule has 0 spiro atoms. The summed E-state index contributed by atoms with van der Waals surface area (Å²) in [5.74, 6) is 9.41. The highest BCUT2D eigenvalue weighted by molar-refractivity contribution is 6.00. The van der Waals surface area contributed by atoms with E-state index in [1.165, 1.54) is 0 Å². The molecule has 0 amide bonds. The lowest BCUT2D eigenvalue weighted by atomic mass is 9.97. The summed E-state index contributed by atoms with van der Waals surface area (Å²) in [6.07, 6.45) is 26.4. The van der Waals surface area contributed by atoms with Gasteiger partial charge >= 0.3 is 0 Å². The maximum atomic E-state index is 10.3. The number of nitrogens with zero attached hydrogens (tertiary/aromatic N) is 7. The summed E-state index contributed by atoms with van der Waals surface area (Å²) in [5.41, 5.74) is 17.8. The number of hydrogen-bond acceptors (Lipinski definition) is 7. The number of nitriles is 1. The number of allylic oxidation sites excluding steroid dienone is 11. The molecule has 6 aromatic rings. The minimum atomic E-state index is 0.302. The molecule has 3 heterocycles. The molecule has 0 N–H and O–H groups in total. The number of hydrogen-bond donors (Lipinski definition) is 0. The van der Waals surface area contributed by atoms with E-state index in [0.29, 0.717) is 36.3 Å². The van der Waals surface area contributed by atoms with Gasteiger partial charge in [0.15, 0.2) is 5.69 Å². The van der Waals surface area contributed by atoms with Gasteiger partial charge in [-0.3, -0.25) is 0 Å². The van der Waals surface area contributed by atoms with Crippen molar-refractivity contribution in [3.05, 3.63) is 221 Å². The van der Waals surface area contributed by atoms with E-state index in [1.54, 1.807) is 6.08 Å². The third kappa shape index (κ3) is 7.28. The number of terminal acetylenes is 1. The van der Waals surface area contributed by atoms with Crippen LogP contribution in [0.4, 0.5) is 45.5 Å². The Balaban J connectivity index is 1.07. The van der Waals surface area contributed by atoms with Crippen LogP contribution in [0.3, 0.4) is 0 Å². The highest BCUT2D eigenvalue weighted by Gasteiger charge is 2.33. The zero-order valence-corrected chi connectivity index (χ0v) is 37.1. The van der Waals surface area contributed by atoms with Crippen LogP contribution in [0, 0.1) is 49.4 Å². The monoisotopic (exact) mass is 851 g/mol. The summed E-state index contributed by atoms with van der Waals surface area (Å²) < 4.78 is 0. The van der Waals surface area contributed by atoms with Crippen molar-refractivity contribution in [3.8, 4) is 41.5 Å². The fourth-order valence-electron chi connectivity index (χ4n) is 9.27. The normalized spacial score (nSPS) is 15.7. The van der Waals surface area contributed by atoms with Gasteiger partial charge in [0.1, 0.15) is 6.07 Å². The molecule has 0 bridgehead atoms. The Bertz CT molecular complexity index is 3270. The number of aromatic nitrogens is 2. The van der Waals surface area contributed by atoms with Crippen molar-refractivity contribution in [1.82, 2.24) is 9.97 Å². The first-order chi connectivity index (χ1) is 32.5. The summed E-state index contributed by atoms with van der Waals surface area (Å²) in [6, 6.07) is 44.8. The van der Waals surface area contributed by atoms with Crippen LogP contribution in [0.5, 0.6) is 0 Å². The summed E-state index contributed by atoms with van der Waals surface area (Å²) in [6.45, 7) is 6.00. The quantitative estimate of drug-likeness (QED) is 0.117. The van der Waals surface area contributed by atoms with Gasteiger partial charge in [0.05, 0.1) is 69.0 Å². The maximum absolute atomic E-state index is 10.3. The second kappa shape index (κ2) is 17.7. The van der Waals surface area contributed by atoms with Crippen LogP contribution in [0.1, 0.15) is 48.8 Å². The highest BCUT2D eigenvalue weighted by Crippen LogP contribution is 2.53. The first kappa shape index (κ1) is 41.2. The molecular formula is C59H45N7.